The molecule has 0 aliphatic carbocycles. The van der Waals surface area contributed by atoms with Gasteiger partial charge in [0.1, 0.15) is 18.7 Å². The molecule has 0 unspecified atom stereocenters. The number of carbonyl (C=O) groups excluding carboxylic acids is 4. The van der Waals surface area contributed by atoms with Crippen LogP contribution in [0.15, 0.2) is 0 Å². The smallest absolute Gasteiger partial charge is 0.407 e. The number of aliphatic hydroxyl groups excluding tert-OH is 1. The van der Waals surface area contributed by atoms with Crippen molar-refractivity contribution in [3.8, 4) is 0 Å². The number of nitrogens with one attached hydrogen (secondary N) is 4. The summed E-state index contributed by atoms with van der Waals surface area (Å²) in [7, 11) is -3.21. The van der Waals surface area contributed by atoms with Crippen molar-refractivity contribution < 1.29 is 37.4 Å². The van der Waals surface area contributed by atoms with Crippen molar-refractivity contribution in [1.82, 2.24) is 31.0 Å². The van der Waals surface area contributed by atoms with E-state index < -0.39 is 52.0 Å². The summed E-state index contributed by atoms with van der Waals surface area (Å²) >= 11 is 1.51. The summed E-state index contributed by atoms with van der Waals surface area (Å²) in [4.78, 5) is 51.9. The molecular formula is C32H56N6O8S2. The minimum Gasteiger partial charge on any atom is -0.448 e. The third-order valence-electron chi connectivity index (χ3n) is 8.05. The van der Waals surface area contributed by atoms with Gasteiger partial charge in [-0.1, -0.05) is 34.1 Å². The summed E-state index contributed by atoms with van der Waals surface area (Å²) in [6.07, 6.45) is 1.98. The number of hydrogen-bond donors (Lipinski definition) is 5. The van der Waals surface area contributed by atoms with Crippen LogP contribution in [-0.2, 0) is 47.0 Å². The Morgan fingerprint density at radius 2 is 1.58 bits per heavy atom. The molecule has 0 saturated carbocycles. The molecule has 1 aromatic heterocycles. The van der Waals surface area contributed by atoms with Crippen LogP contribution >= 0.6 is 11.8 Å². The lowest BCUT2D eigenvalue weighted by atomic mass is 9.92. The number of carbonyl (C=O) groups is 4. The fraction of sp³-hybridized carbons (Fsp3) is 0.781. The summed E-state index contributed by atoms with van der Waals surface area (Å²) < 4.78 is 31.0. The van der Waals surface area contributed by atoms with Crippen LogP contribution in [0.1, 0.15) is 90.6 Å². The first-order valence-electron chi connectivity index (χ1n) is 16.7. The van der Waals surface area contributed by atoms with E-state index in [1.807, 2.05) is 40.9 Å². The molecule has 5 N–H and O–H groups in total. The summed E-state index contributed by atoms with van der Waals surface area (Å²) in [5, 5.41) is 26.8. The normalized spacial score (nSPS) is 16.8. The number of aryl methyl sites for hydroxylation is 1. The Morgan fingerprint density at radius 3 is 2.19 bits per heavy atom. The molecular weight excluding hydrogens is 661 g/mol. The molecule has 1 aliphatic rings. The predicted molar refractivity (Wildman–Crippen MR) is 186 cm³/mol. The highest BCUT2D eigenvalue weighted by molar-refractivity contribution is 7.98. The second-order valence-electron chi connectivity index (χ2n) is 13.3. The van der Waals surface area contributed by atoms with Crippen molar-refractivity contribution in [2.24, 2.45) is 11.8 Å². The number of nitrogens with zero attached hydrogens (tertiary/aromatic N) is 2. The third kappa shape index (κ3) is 13.2. The van der Waals surface area contributed by atoms with Crippen LogP contribution in [0, 0.1) is 18.8 Å². The van der Waals surface area contributed by atoms with Gasteiger partial charge in [0.2, 0.25) is 17.7 Å². The zero-order valence-corrected chi connectivity index (χ0v) is 31.3. The highest BCUT2D eigenvalue weighted by Gasteiger charge is 2.32. The summed E-state index contributed by atoms with van der Waals surface area (Å²) in [5.74, 6) is -1.21. The fourth-order valence-corrected chi connectivity index (χ4v) is 7.72. The Balaban J connectivity index is 2.01. The molecule has 0 fully saturated rings. The number of sulfone groups is 1. The number of thioether (sulfide) groups is 1. The van der Waals surface area contributed by atoms with Crippen LogP contribution in [0.2, 0.25) is 0 Å². The quantitative estimate of drug-likeness (QED) is 0.133. The van der Waals surface area contributed by atoms with E-state index in [0.717, 1.165) is 0 Å². The second-order valence-corrected chi connectivity index (χ2v) is 16.4. The number of fused-ring (bicyclic) bond motifs is 1. The molecule has 0 saturated heterocycles. The van der Waals surface area contributed by atoms with Crippen LogP contribution in [-0.4, -0.2) is 96.0 Å². The Labute approximate surface area is 289 Å². The molecule has 2 rings (SSSR count). The lowest BCUT2D eigenvalue weighted by molar-refractivity contribution is -0.132. The van der Waals surface area contributed by atoms with Crippen LogP contribution < -0.4 is 21.3 Å². The van der Waals surface area contributed by atoms with Crippen molar-refractivity contribution >= 4 is 45.4 Å². The zero-order valence-electron chi connectivity index (χ0n) is 29.6. The van der Waals surface area contributed by atoms with E-state index in [1.165, 1.54) is 11.8 Å². The molecule has 48 heavy (non-hydrogen) atoms. The van der Waals surface area contributed by atoms with Crippen molar-refractivity contribution in [1.29, 1.82) is 0 Å². The van der Waals surface area contributed by atoms with E-state index in [-0.39, 0.29) is 54.9 Å². The molecule has 0 spiro atoms. The average Bonchev–Trinajstić information content (AvgIpc) is 3.45. The maximum atomic E-state index is 13.5. The number of alkyl carbamates (subject to hydrolysis) is 1. The van der Waals surface area contributed by atoms with Crippen molar-refractivity contribution in [3.05, 3.63) is 17.0 Å². The van der Waals surface area contributed by atoms with Gasteiger partial charge in [0.15, 0.2) is 9.84 Å². The molecule has 274 valence electrons. The molecule has 0 aromatic carbocycles. The molecule has 2 heterocycles. The maximum absolute atomic E-state index is 13.5. The van der Waals surface area contributed by atoms with Crippen molar-refractivity contribution in [3.63, 3.8) is 0 Å². The van der Waals surface area contributed by atoms with Gasteiger partial charge in [0.05, 0.1) is 41.6 Å². The van der Waals surface area contributed by atoms with Crippen LogP contribution in [0.5, 0.6) is 0 Å². The molecule has 0 radical (unpaired) electrons. The monoisotopic (exact) mass is 716 g/mol. The van der Waals surface area contributed by atoms with Crippen molar-refractivity contribution in [2.75, 3.05) is 18.6 Å². The molecule has 0 bridgehead atoms. The highest BCUT2D eigenvalue weighted by Crippen LogP contribution is 2.27. The molecule has 1 aliphatic heterocycles. The SMILES string of the molecule is CCC[C@H](NC(=O)[C@H](C)C[C@H](O)[C@H](CC(C)C)NC(=O)[C@H](CCSC)NC(=O)OCCn1nc(C)c2c1CS(=O)(=O)C2)C(=O)NC(C)C. The van der Waals surface area contributed by atoms with Gasteiger partial charge in [0.25, 0.3) is 0 Å². The van der Waals surface area contributed by atoms with Crippen molar-refractivity contribution in [2.45, 2.75) is 129 Å². The number of rotatable bonds is 20. The molecule has 1 aromatic rings. The van der Waals surface area contributed by atoms with Gasteiger partial charge in [0, 0.05) is 17.5 Å². The molecule has 14 nitrogen and oxygen atoms in total. The first-order chi connectivity index (χ1) is 22.5. The minimum absolute atomic E-state index is 0.0447. The van der Waals surface area contributed by atoms with Gasteiger partial charge in [-0.2, -0.15) is 16.9 Å². The Hall–Kier alpha value is -2.85. The van der Waals surface area contributed by atoms with E-state index in [4.69, 9.17) is 4.74 Å². The number of amides is 4. The largest absolute Gasteiger partial charge is 0.448 e. The molecule has 5 atom stereocenters. The van der Waals surface area contributed by atoms with E-state index in [2.05, 4.69) is 26.4 Å². The summed E-state index contributed by atoms with van der Waals surface area (Å²) in [5.41, 5.74) is 1.93. The van der Waals surface area contributed by atoms with Crippen LogP contribution in [0.4, 0.5) is 4.79 Å². The van der Waals surface area contributed by atoms with Gasteiger partial charge in [-0.05, 0) is 64.4 Å². The Bertz CT molecular complexity index is 1350. The minimum atomic E-state index is -3.21. The van der Waals surface area contributed by atoms with E-state index >= 15 is 0 Å². The lowest BCUT2D eigenvalue weighted by Gasteiger charge is -2.29. The average molecular weight is 717 g/mol. The van der Waals surface area contributed by atoms with Gasteiger partial charge < -0.3 is 31.1 Å². The predicted octanol–water partition coefficient (Wildman–Crippen LogP) is 2.20. The van der Waals surface area contributed by atoms with Gasteiger partial charge in [-0.15, -0.1) is 0 Å². The van der Waals surface area contributed by atoms with Gasteiger partial charge >= 0.3 is 6.09 Å². The number of aromatic nitrogens is 2. The van der Waals surface area contributed by atoms with Gasteiger partial charge in [-0.25, -0.2) is 13.2 Å². The number of aliphatic hydroxyl groups is 1. The first kappa shape index (κ1) is 41.3. The fourth-order valence-electron chi connectivity index (χ4n) is 5.59. The topological polar surface area (TPSA) is 198 Å². The van der Waals surface area contributed by atoms with Crippen LogP contribution in [0.25, 0.3) is 0 Å². The van der Waals surface area contributed by atoms with E-state index in [0.29, 0.717) is 48.4 Å². The van der Waals surface area contributed by atoms with E-state index in [1.54, 1.807) is 18.5 Å². The standard InChI is InChI=1S/C32H56N6O8S2/c1-9-10-24(30(41)33-20(4)5)34-29(40)21(6)16-28(39)26(15-19(2)3)35-31(42)25(11-14-47-8)36-32(43)46-13-12-38-27-18-48(44,45)17-23(27)22(7)37-38/h19-21,24-26,28,39H,9-18H2,1-8H3,(H,33,41)(H,34,40)(H,35,42)(H,36,43)/t21-,24+,25+,26+,28+/m1/s1. The van der Waals surface area contributed by atoms with Crippen LogP contribution in [0.3, 0.4) is 0 Å². The highest BCUT2D eigenvalue weighted by atomic mass is 32.2. The second kappa shape index (κ2) is 19.4. The summed E-state index contributed by atoms with van der Waals surface area (Å²) in [6, 6.07) is -2.39. The molecule has 16 heteroatoms. The number of hydrogen-bond acceptors (Lipinski definition) is 10. The van der Waals surface area contributed by atoms with Gasteiger partial charge in [-0.3, -0.25) is 19.1 Å². The first-order valence-corrected chi connectivity index (χ1v) is 20.0. The Morgan fingerprint density at radius 1 is 0.938 bits per heavy atom. The Kier molecular flexibility index (Phi) is 16.7. The summed E-state index contributed by atoms with van der Waals surface area (Å²) in [6.45, 7) is 13.0. The molecule has 4 amide bonds. The zero-order chi connectivity index (χ0) is 36.2. The number of ether oxygens (including phenoxy) is 1. The van der Waals surface area contributed by atoms with E-state index in [9.17, 15) is 32.7 Å². The lowest BCUT2D eigenvalue weighted by Crippen LogP contribution is -2.54. The maximum Gasteiger partial charge on any atom is 0.407 e. The third-order valence-corrected chi connectivity index (χ3v) is 10.1.